The molecule has 1 aliphatic heterocycles. The lowest BCUT2D eigenvalue weighted by atomic mass is 9.78. The lowest BCUT2D eigenvalue weighted by Crippen LogP contribution is -2.55. The molecule has 0 spiro atoms. The standard InChI is InChI=1S/C6H6O2/c7-6-4-2-1-3(2)5(4)8-6/h2-5H,1H2/t2-,3+,4+,5-/m1/s1. The second kappa shape index (κ2) is 0.714. The van der Waals surface area contributed by atoms with Gasteiger partial charge in [0.25, 0.3) is 0 Å². The first-order valence-electron chi connectivity index (χ1n) is 3.08. The second-order valence-electron chi connectivity index (χ2n) is 2.99. The van der Waals surface area contributed by atoms with Gasteiger partial charge in [-0.25, -0.2) is 0 Å². The molecular formula is C6H6O2. The molecule has 3 rings (SSSR count). The van der Waals surface area contributed by atoms with Crippen molar-refractivity contribution in [1.82, 2.24) is 0 Å². The molecule has 2 aliphatic carbocycles. The Balaban J connectivity index is 1.98. The monoisotopic (exact) mass is 110 g/mol. The van der Waals surface area contributed by atoms with Crippen LogP contribution in [0.3, 0.4) is 0 Å². The molecule has 0 aromatic carbocycles. The number of carbonyl (C=O) groups excluding carboxylic acids is 1. The summed E-state index contributed by atoms with van der Waals surface area (Å²) in [5.41, 5.74) is 0. The van der Waals surface area contributed by atoms with Crippen LogP contribution in [-0.2, 0) is 9.53 Å². The first kappa shape index (κ1) is 3.49. The topological polar surface area (TPSA) is 26.3 Å². The fraction of sp³-hybridized carbons (Fsp3) is 0.833. The zero-order chi connectivity index (χ0) is 5.30. The van der Waals surface area contributed by atoms with Crippen molar-refractivity contribution >= 4 is 5.97 Å². The Kier molecular flexibility index (Phi) is 0.311. The lowest BCUT2D eigenvalue weighted by Gasteiger charge is -2.42. The van der Waals surface area contributed by atoms with E-state index >= 15 is 0 Å². The predicted molar refractivity (Wildman–Crippen MR) is 25.0 cm³/mol. The van der Waals surface area contributed by atoms with Gasteiger partial charge in [-0.15, -0.1) is 0 Å². The summed E-state index contributed by atoms with van der Waals surface area (Å²) >= 11 is 0. The third kappa shape index (κ3) is 0.168. The van der Waals surface area contributed by atoms with Gasteiger partial charge in [0.1, 0.15) is 6.10 Å². The highest BCUT2D eigenvalue weighted by molar-refractivity contribution is 5.82. The number of ether oxygens (including phenoxy) is 1. The van der Waals surface area contributed by atoms with Crippen LogP contribution in [0.1, 0.15) is 6.42 Å². The predicted octanol–water partition coefficient (Wildman–Crippen LogP) is 0.178. The van der Waals surface area contributed by atoms with Crippen LogP contribution in [0.25, 0.3) is 0 Å². The zero-order valence-electron chi connectivity index (χ0n) is 4.33. The van der Waals surface area contributed by atoms with E-state index in [0.29, 0.717) is 12.0 Å². The Bertz CT molecular complexity index is 175. The van der Waals surface area contributed by atoms with E-state index in [9.17, 15) is 4.79 Å². The first-order chi connectivity index (χ1) is 3.88. The number of esters is 1. The van der Waals surface area contributed by atoms with E-state index in [-0.39, 0.29) is 5.97 Å². The van der Waals surface area contributed by atoms with Crippen molar-refractivity contribution in [3.8, 4) is 0 Å². The maximum absolute atomic E-state index is 10.5. The van der Waals surface area contributed by atoms with Crippen LogP contribution in [-0.4, -0.2) is 12.1 Å². The average Bonchev–Trinajstić information content (AvgIpc) is 2.33. The van der Waals surface area contributed by atoms with Gasteiger partial charge in [-0.1, -0.05) is 0 Å². The summed E-state index contributed by atoms with van der Waals surface area (Å²) in [6.07, 6.45) is 1.65. The van der Waals surface area contributed by atoms with E-state index < -0.39 is 0 Å². The Morgan fingerprint density at radius 1 is 1.50 bits per heavy atom. The van der Waals surface area contributed by atoms with E-state index in [1.54, 1.807) is 0 Å². The molecule has 2 saturated carbocycles. The van der Waals surface area contributed by atoms with E-state index in [2.05, 4.69) is 0 Å². The van der Waals surface area contributed by atoms with Gasteiger partial charge in [-0.05, 0) is 12.3 Å². The van der Waals surface area contributed by atoms with Crippen LogP contribution < -0.4 is 0 Å². The van der Waals surface area contributed by atoms with Gasteiger partial charge in [-0.3, -0.25) is 4.79 Å². The molecule has 3 aliphatic rings. The van der Waals surface area contributed by atoms with Crippen LogP contribution >= 0.6 is 0 Å². The average molecular weight is 110 g/mol. The molecule has 0 aromatic heterocycles. The van der Waals surface area contributed by atoms with Crippen molar-refractivity contribution in [1.29, 1.82) is 0 Å². The van der Waals surface area contributed by atoms with Gasteiger partial charge in [0.05, 0.1) is 5.92 Å². The van der Waals surface area contributed by atoms with Crippen LogP contribution in [0.2, 0.25) is 0 Å². The Morgan fingerprint density at radius 3 is 2.88 bits per heavy atom. The summed E-state index contributed by atoms with van der Waals surface area (Å²) in [6.45, 7) is 0. The molecule has 0 amide bonds. The van der Waals surface area contributed by atoms with Crippen molar-refractivity contribution in [3.63, 3.8) is 0 Å². The van der Waals surface area contributed by atoms with Crippen molar-refractivity contribution in [2.75, 3.05) is 0 Å². The Morgan fingerprint density at radius 2 is 2.38 bits per heavy atom. The number of hydrogen-bond acceptors (Lipinski definition) is 2. The Hall–Kier alpha value is -0.530. The molecule has 42 valence electrons. The van der Waals surface area contributed by atoms with Gasteiger partial charge >= 0.3 is 5.97 Å². The highest BCUT2D eigenvalue weighted by Crippen LogP contribution is 2.65. The molecule has 0 radical (unpaired) electrons. The first-order valence-corrected chi connectivity index (χ1v) is 3.08. The van der Waals surface area contributed by atoms with Gasteiger partial charge in [0.2, 0.25) is 0 Å². The minimum absolute atomic E-state index is 0.0637. The van der Waals surface area contributed by atoms with Crippen molar-refractivity contribution in [3.05, 3.63) is 0 Å². The zero-order valence-corrected chi connectivity index (χ0v) is 4.33. The number of hydrogen-bond donors (Lipinski definition) is 0. The number of rotatable bonds is 0. The molecule has 3 fully saturated rings. The summed E-state index contributed by atoms with van der Waals surface area (Å²) in [5.74, 6) is 1.99. The summed E-state index contributed by atoms with van der Waals surface area (Å²) < 4.78 is 4.85. The molecule has 4 atom stereocenters. The summed E-state index contributed by atoms with van der Waals surface area (Å²) in [4.78, 5) is 10.5. The molecule has 0 bridgehead atoms. The highest BCUT2D eigenvalue weighted by atomic mass is 16.6. The Labute approximate surface area is 46.8 Å². The molecule has 2 heteroatoms. The third-order valence-electron chi connectivity index (χ3n) is 2.65. The molecule has 1 heterocycles. The largest absolute Gasteiger partial charge is 0.461 e. The van der Waals surface area contributed by atoms with Crippen molar-refractivity contribution in [2.45, 2.75) is 12.5 Å². The second-order valence-corrected chi connectivity index (χ2v) is 2.99. The van der Waals surface area contributed by atoms with Crippen LogP contribution in [0.5, 0.6) is 0 Å². The number of carbonyl (C=O) groups is 1. The van der Waals surface area contributed by atoms with E-state index in [0.717, 1.165) is 11.8 Å². The summed E-state index contributed by atoms with van der Waals surface area (Å²) in [5, 5.41) is 0. The quantitative estimate of drug-likeness (QED) is 0.416. The smallest absolute Gasteiger partial charge is 0.313 e. The van der Waals surface area contributed by atoms with E-state index in [1.807, 2.05) is 0 Å². The molecule has 0 unspecified atom stereocenters. The fourth-order valence-electron chi connectivity index (χ4n) is 2.00. The van der Waals surface area contributed by atoms with Crippen LogP contribution in [0, 0.1) is 17.8 Å². The van der Waals surface area contributed by atoms with Gasteiger partial charge in [-0.2, -0.15) is 0 Å². The van der Waals surface area contributed by atoms with Gasteiger partial charge < -0.3 is 4.74 Å². The maximum Gasteiger partial charge on any atom is 0.313 e. The maximum atomic E-state index is 10.5. The van der Waals surface area contributed by atoms with E-state index in [1.165, 1.54) is 6.42 Å². The van der Waals surface area contributed by atoms with Gasteiger partial charge in [0, 0.05) is 5.92 Å². The third-order valence-corrected chi connectivity index (χ3v) is 2.65. The normalized spacial score (nSPS) is 63.8. The molecule has 1 saturated heterocycles. The summed E-state index contributed by atoms with van der Waals surface area (Å²) in [6, 6.07) is 0. The van der Waals surface area contributed by atoms with Crippen LogP contribution in [0.4, 0.5) is 0 Å². The SMILES string of the molecule is O=C1O[C@@H]2[C@H]3C[C@H]3[C@H]12. The van der Waals surface area contributed by atoms with Crippen molar-refractivity contribution in [2.24, 2.45) is 17.8 Å². The van der Waals surface area contributed by atoms with Crippen LogP contribution in [0.15, 0.2) is 0 Å². The van der Waals surface area contributed by atoms with Crippen molar-refractivity contribution < 1.29 is 9.53 Å². The summed E-state index contributed by atoms with van der Waals surface area (Å²) in [7, 11) is 0. The molecule has 0 N–H and O–H groups in total. The highest BCUT2D eigenvalue weighted by Gasteiger charge is 2.72. The minimum atomic E-state index is 0.0637. The molecule has 0 aromatic rings. The molecular weight excluding hydrogens is 104 g/mol. The minimum Gasteiger partial charge on any atom is -0.461 e. The lowest BCUT2D eigenvalue weighted by molar-refractivity contribution is -0.205. The molecule has 2 nitrogen and oxygen atoms in total. The van der Waals surface area contributed by atoms with E-state index in [4.69, 9.17) is 4.74 Å². The van der Waals surface area contributed by atoms with Gasteiger partial charge in [0.15, 0.2) is 0 Å². The number of fused-ring (bicyclic) bond motifs is 4. The molecule has 8 heavy (non-hydrogen) atoms. The fourth-order valence-corrected chi connectivity index (χ4v) is 2.00.